The molecule has 2 nitrogen and oxygen atoms in total. The van der Waals surface area contributed by atoms with Gasteiger partial charge >= 0.3 is 0 Å². The first kappa shape index (κ1) is 16.8. The summed E-state index contributed by atoms with van der Waals surface area (Å²) in [6.45, 7) is 0. The van der Waals surface area contributed by atoms with E-state index in [4.69, 9.17) is 16.3 Å². The molecule has 2 aromatic carbocycles. The molecule has 0 aliphatic rings. The molecule has 21 heavy (non-hydrogen) atoms. The first-order chi connectivity index (χ1) is 10.0. The number of benzene rings is 2. The van der Waals surface area contributed by atoms with Crippen LogP contribution >= 0.6 is 43.5 Å². The van der Waals surface area contributed by atoms with E-state index in [0.717, 1.165) is 31.7 Å². The molecule has 1 unspecified atom stereocenters. The fourth-order valence-electron chi connectivity index (χ4n) is 2.22. The molecule has 2 rings (SSSR count). The van der Waals surface area contributed by atoms with Crippen molar-refractivity contribution in [2.24, 2.45) is 0 Å². The van der Waals surface area contributed by atoms with Crippen LogP contribution in [0.25, 0.3) is 0 Å². The number of hydrogen-bond acceptors (Lipinski definition) is 2. The number of rotatable bonds is 5. The molecule has 0 saturated heterocycles. The molecule has 0 aliphatic heterocycles. The summed E-state index contributed by atoms with van der Waals surface area (Å²) in [4.78, 5) is 0. The molecule has 0 spiro atoms. The Kier molecular flexibility index (Phi) is 6.11. The second-order valence-corrected chi connectivity index (χ2v) is 6.86. The third kappa shape index (κ3) is 4.22. The smallest absolute Gasteiger partial charge is 0.133 e. The molecule has 112 valence electrons. The van der Waals surface area contributed by atoms with Crippen LogP contribution in [0.5, 0.6) is 5.75 Å². The second-order valence-electron chi connectivity index (χ2n) is 4.68. The lowest BCUT2D eigenvalue weighted by atomic mass is 9.99. The van der Waals surface area contributed by atoms with Crippen LogP contribution in [-0.4, -0.2) is 14.2 Å². The van der Waals surface area contributed by atoms with Gasteiger partial charge in [0.05, 0.1) is 11.6 Å². The monoisotopic (exact) mass is 431 g/mol. The topological polar surface area (TPSA) is 21.3 Å². The Balaban J connectivity index is 2.26. The summed E-state index contributed by atoms with van der Waals surface area (Å²) in [6, 6.07) is 12.2. The normalized spacial score (nSPS) is 12.2. The van der Waals surface area contributed by atoms with Crippen molar-refractivity contribution in [3.05, 3.63) is 61.5 Å². The average molecular weight is 434 g/mol. The summed E-state index contributed by atoms with van der Waals surface area (Å²) in [5, 5.41) is 4.10. The summed E-state index contributed by atoms with van der Waals surface area (Å²) in [5.41, 5.74) is 2.29. The van der Waals surface area contributed by atoms with E-state index in [0.29, 0.717) is 0 Å². The van der Waals surface area contributed by atoms with Crippen LogP contribution in [0.2, 0.25) is 5.02 Å². The highest BCUT2D eigenvalue weighted by molar-refractivity contribution is 9.10. The standard InChI is InChI=1S/C16H16Br2ClNO/c1-20-15(12-9-11(17)4-5-14(12)19)8-10-3-6-16(21-2)13(18)7-10/h3-7,9,15,20H,8H2,1-2H3. The van der Waals surface area contributed by atoms with E-state index >= 15 is 0 Å². The Bertz CT molecular complexity index is 634. The number of hydrogen-bond donors (Lipinski definition) is 1. The van der Waals surface area contributed by atoms with E-state index in [1.54, 1.807) is 7.11 Å². The van der Waals surface area contributed by atoms with Gasteiger partial charge in [-0.1, -0.05) is 33.6 Å². The quantitative estimate of drug-likeness (QED) is 0.684. The summed E-state index contributed by atoms with van der Waals surface area (Å²) in [6.07, 6.45) is 0.843. The van der Waals surface area contributed by atoms with Gasteiger partial charge in [0.25, 0.3) is 0 Å². The van der Waals surface area contributed by atoms with Crippen LogP contribution < -0.4 is 10.1 Å². The maximum absolute atomic E-state index is 6.32. The largest absolute Gasteiger partial charge is 0.496 e. The Hall–Kier alpha value is -0.550. The van der Waals surface area contributed by atoms with Crippen LogP contribution in [0, 0.1) is 0 Å². The van der Waals surface area contributed by atoms with Crippen molar-refractivity contribution in [3.8, 4) is 5.75 Å². The number of halogens is 3. The van der Waals surface area contributed by atoms with Gasteiger partial charge in [0.1, 0.15) is 5.75 Å². The summed E-state index contributed by atoms with van der Waals surface area (Å²) in [5.74, 6) is 0.834. The molecule has 0 heterocycles. The molecule has 0 aliphatic carbocycles. The van der Waals surface area contributed by atoms with E-state index in [1.807, 2.05) is 25.2 Å². The Morgan fingerprint density at radius 2 is 1.95 bits per heavy atom. The van der Waals surface area contributed by atoms with Gasteiger partial charge in [-0.3, -0.25) is 0 Å². The van der Waals surface area contributed by atoms with E-state index in [1.165, 1.54) is 5.56 Å². The second kappa shape index (κ2) is 7.63. The van der Waals surface area contributed by atoms with Gasteiger partial charge in [0, 0.05) is 15.5 Å². The van der Waals surface area contributed by atoms with Gasteiger partial charge in [0.15, 0.2) is 0 Å². The van der Waals surface area contributed by atoms with Crippen LogP contribution in [0.4, 0.5) is 0 Å². The molecule has 1 N–H and O–H groups in total. The van der Waals surface area contributed by atoms with E-state index in [-0.39, 0.29) is 6.04 Å². The molecule has 0 fully saturated rings. The average Bonchev–Trinajstić information content (AvgIpc) is 2.47. The molecule has 0 bridgehead atoms. The van der Waals surface area contributed by atoms with Crippen LogP contribution in [0.15, 0.2) is 45.3 Å². The lowest BCUT2D eigenvalue weighted by molar-refractivity contribution is 0.412. The van der Waals surface area contributed by atoms with Crippen molar-refractivity contribution in [2.45, 2.75) is 12.5 Å². The minimum atomic E-state index is 0.148. The lowest BCUT2D eigenvalue weighted by Gasteiger charge is -2.19. The van der Waals surface area contributed by atoms with Crippen molar-refractivity contribution >= 4 is 43.5 Å². The summed E-state index contributed by atoms with van der Waals surface area (Å²) >= 11 is 13.3. The van der Waals surface area contributed by atoms with Crippen LogP contribution in [-0.2, 0) is 6.42 Å². The van der Waals surface area contributed by atoms with Crippen molar-refractivity contribution in [2.75, 3.05) is 14.2 Å². The van der Waals surface area contributed by atoms with Gasteiger partial charge < -0.3 is 10.1 Å². The predicted octanol–water partition coefficient (Wildman–Crippen LogP) is 5.38. The Labute approximate surface area is 147 Å². The highest BCUT2D eigenvalue weighted by Gasteiger charge is 2.15. The van der Waals surface area contributed by atoms with E-state index < -0.39 is 0 Å². The van der Waals surface area contributed by atoms with Gasteiger partial charge in [-0.05, 0) is 70.9 Å². The predicted molar refractivity (Wildman–Crippen MR) is 95.4 cm³/mol. The molecule has 0 aromatic heterocycles. The SMILES string of the molecule is CNC(Cc1ccc(OC)c(Br)c1)c1cc(Br)ccc1Cl. The molecule has 2 aromatic rings. The third-order valence-electron chi connectivity index (χ3n) is 3.34. The molecule has 1 atom stereocenters. The number of nitrogens with one attached hydrogen (secondary N) is 1. The minimum absolute atomic E-state index is 0.148. The van der Waals surface area contributed by atoms with Gasteiger partial charge in [-0.2, -0.15) is 0 Å². The highest BCUT2D eigenvalue weighted by atomic mass is 79.9. The van der Waals surface area contributed by atoms with Gasteiger partial charge in [-0.15, -0.1) is 0 Å². The van der Waals surface area contributed by atoms with Gasteiger partial charge in [-0.25, -0.2) is 0 Å². The van der Waals surface area contributed by atoms with Crippen LogP contribution in [0.3, 0.4) is 0 Å². The van der Waals surface area contributed by atoms with E-state index in [2.05, 4.69) is 55.4 Å². The van der Waals surface area contributed by atoms with E-state index in [9.17, 15) is 0 Å². The fraction of sp³-hybridized carbons (Fsp3) is 0.250. The zero-order valence-corrected chi connectivity index (χ0v) is 15.7. The van der Waals surface area contributed by atoms with Crippen molar-refractivity contribution in [1.29, 1.82) is 0 Å². The zero-order valence-electron chi connectivity index (χ0n) is 11.8. The molecular formula is C16H16Br2ClNO. The lowest BCUT2D eigenvalue weighted by Crippen LogP contribution is -2.19. The minimum Gasteiger partial charge on any atom is -0.496 e. The van der Waals surface area contributed by atoms with Crippen molar-refractivity contribution in [1.82, 2.24) is 5.32 Å². The van der Waals surface area contributed by atoms with Crippen LogP contribution in [0.1, 0.15) is 17.2 Å². The van der Waals surface area contributed by atoms with Crippen molar-refractivity contribution < 1.29 is 4.74 Å². The first-order valence-corrected chi connectivity index (χ1v) is 8.46. The zero-order chi connectivity index (χ0) is 15.4. The van der Waals surface area contributed by atoms with Gasteiger partial charge in [0.2, 0.25) is 0 Å². The third-order valence-corrected chi connectivity index (χ3v) is 4.80. The molecule has 0 radical (unpaired) electrons. The van der Waals surface area contributed by atoms with Crippen molar-refractivity contribution in [3.63, 3.8) is 0 Å². The Morgan fingerprint density at radius 3 is 2.57 bits per heavy atom. The fourth-order valence-corrected chi connectivity index (χ4v) is 3.44. The number of likely N-dealkylation sites (N-methyl/N-ethyl adjacent to an activating group) is 1. The number of methoxy groups -OCH3 is 1. The molecular weight excluding hydrogens is 417 g/mol. The first-order valence-electron chi connectivity index (χ1n) is 6.49. The molecule has 0 amide bonds. The summed E-state index contributed by atoms with van der Waals surface area (Å²) in [7, 11) is 3.61. The number of ether oxygens (including phenoxy) is 1. The summed E-state index contributed by atoms with van der Waals surface area (Å²) < 4.78 is 7.24. The highest BCUT2D eigenvalue weighted by Crippen LogP contribution is 2.31. The maximum Gasteiger partial charge on any atom is 0.133 e. The Morgan fingerprint density at radius 1 is 1.19 bits per heavy atom. The maximum atomic E-state index is 6.32. The molecule has 5 heteroatoms. The molecule has 0 saturated carbocycles.